The largest absolute Gasteiger partial charge is 0.484 e. The van der Waals surface area contributed by atoms with E-state index in [1.54, 1.807) is 30.3 Å². The molecule has 0 fully saturated rings. The van der Waals surface area contributed by atoms with E-state index in [9.17, 15) is 8.42 Å². The Morgan fingerprint density at radius 3 is 2.59 bits per heavy atom. The molecule has 29 heavy (non-hydrogen) atoms. The van der Waals surface area contributed by atoms with Crippen molar-refractivity contribution in [2.45, 2.75) is 24.3 Å². The van der Waals surface area contributed by atoms with E-state index in [0.29, 0.717) is 27.8 Å². The molecule has 0 saturated carbocycles. The first-order valence-electron chi connectivity index (χ1n) is 8.95. The van der Waals surface area contributed by atoms with Gasteiger partial charge in [-0.1, -0.05) is 59.1 Å². The number of aryl methyl sites for hydroxylation is 1. The Hall–Kier alpha value is -2.05. The minimum atomic E-state index is -3.86. The fraction of sp³-hybridized carbons (Fsp3) is 0.182. The summed E-state index contributed by atoms with van der Waals surface area (Å²) in [7, 11) is -2.71. The van der Waals surface area contributed by atoms with Crippen LogP contribution < -0.4 is 4.74 Å². The van der Waals surface area contributed by atoms with Gasteiger partial charge in [0.15, 0.2) is 0 Å². The molecule has 4 nitrogen and oxygen atoms in total. The zero-order chi connectivity index (χ0) is 20.8. The minimum absolute atomic E-state index is 0.116. The van der Waals surface area contributed by atoms with Crippen LogP contribution in [0.5, 0.6) is 5.75 Å². The number of fused-ring (bicyclic) bond motifs is 1. The Bertz CT molecular complexity index is 1210. The standard InChI is InChI=1S/C22H18Cl2O4S/c1-13-6-9-21(29(25,26)27-2)18(10-13)20-11-14-4-3-5-16(22(14)28-20)17-12-15(23)7-8-19(17)24/h3-10,12,20H,11H2,1-2H3. The fourth-order valence-electron chi connectivity index (χ4n) is 3.59. The molecule has 3 aromatic carbocycles. The molecular weight excluding hydrogens is 431 g/mol. The minimum Gasteiger partial charge on any atom is -0.484 e. The van der Waals surface area contributed by atoms with Gasteiger partial charge in [0.25, 0.3) is 10.1 Å². The van der Waals surface area contributed by atoms with E-state index in [1.165, 1.54) is 0 Å². The number of para-hydroxylation sites is 1. The van der Waals surface area contributed by atoms with E-state index in [1.807, 2.05) is 31.2 Å². The number of hydrogen-bond donors (Lipinski definition) is 0. The first-order chi connectivity index (χ1) is 13.8. The van der Waals surface area contributed by atoms with Crippen molar-refractivity contribution < 1.29 is 17.3 Å². The second-order valence-electron chi connectivity index (χ2n) is 6.89. The van der Waals surface area contributed by atoms with Gasteiger partial charge in [-0.25, -0.2) is 0 Å². The highest BCUT2D eigenvalue weighted by Crippen LogP contribution is 2.46. The van der Waals surface area contributed by atoms with Crippen molar-refractivity contribution in [1.82, 2.24) is 0 Å². The van der Waals surface area contributed by atoms with Gasteiger partial charge in [0.2, 0.25) is 0 Å². The topological polar surface area (TPSA) is 52.6 Å². The van der Waals surface area contributed by atoms with Gasteiger partial charge < -0.3 is 4.74 Å². The van der Waals surface area contributed by atoms with Gasteiger partial charge in [-0.05, 0) is 36.8 Å². The van der Waals surface area contributed by atoms with Crippen LogP contribution in [-0.4, -0.2) is 15.5 Å². The van der Waals surface area contributed by atoms with E-state index < -0.39 is 16.2 Å². The normalized spacial score (nSPS) is 15.8. The summed E-state index contributed by atoms with van der Waals surface area (Å²) in [6.07, 6.45) is 0.0840. The molecule has 4 rings (SSSR count). The van der Waals surface area contributed by atoms with E-state index in [0.717, 1.165) is 29.4 Å². The summed E-state index contributed by atoms with van der Waals surface area (Å²) in [5.41, 5.74) is 4.08. The highest BCUT2D eigenvalue weighted by atomic mass is 35.5. The average Bonchev–Trinajstić information content (AvgIpc) is 3.14. The molecule has 1 aliphatic heterocycles. The summed E-state index contributed by atoms with van der Waals surface area (Å²) < 4.78 is 35.9. The van der Waals surface area contributed by atoms with Gasteiger partial charge in [-0.3, -0.25) is 4.18 Å². The molecule has 0 amide bonds. The molecule has 0 aliphatic carbocycles. The SMILES string of the molecule is COS(=O)(=O)c1ccc(C)cc1C1Cc2cccc(-c3cc(Cl)ccc3Cl)c2O1. The summed E-state index contributed by atoms with van der Waals surface area (Å²) in [6, 6.07) is 16.2. The lowest BCUT2D eigenvalue weighted by molar-refractivity contribution is 0.235. The molecule has 0 aromatic heterocycles. The molecule has 150 valence electrons. The Morgan fingerprint density at radius 2 is 1.83 bits per heavy atom. The quantitative estimate of drug-likeness (QED) is 0.460. The molecule has 0 bridgehead atoms. The summed E-state index contributed by atoms with van der Waals surface area (Å²) in [6.45, 7) is 1.91. The van der Waals surface area contributed by atoms with Gasteiger partial charge in [0.1, 0.15) is 16.7 Å². The van der Waals surface area contributed by atoms with Crippen LogP contribution in [-0.2, 0) is 20.7 Å². The summed E-state index contributed by atoms with van der Waals surface area (Å²) in [4.78, 5) is 0.116. The van der Waals surface area contributed by atoms with E-state index in [4.69, 9.17) is 32.1 Å². The van der Waals surface area contributed by atoms with Crippen LogP contribution in [0.1, 0.15) is 22.8 Å². The van der Waals surface area contributed by atoms with Crippen LogP contribution >= 0.6 is 23.2 Å². The zero-order valence-electron chi connectivity index (χ0n) is 15.8. The number of ether oxygens (including phenoxy) is 1. The fourth-order valence-corrected chi connectivity index (χ4v) is 4.88. The Kier molecular flexibility index (Phi) is 5.34. The van der Waals surface area contributed by atoms with Crippen molar-refractivity contribution >= 4 is 33.3 Å². The van der Waals surface area contributed by atoms with E-state index >= 15 is 0 Å². The number of halogens is 2. The Labute approximate surface area is 180 Å². The van der Waals surface area contributed by atoms with Gasteiger partial charge >= 0.3 is 0 Å². The lowest BCUT2D eigenvalue weighted by atomic mass is 9.98. The van der Waals surface area contributed by atoms with Crippen LogP contribution in [0.15, 0.2) is 59.5 Å². The van der Waals surface area contributed by atoms with Crippen molar-refractivity contribution in [1.29, 1.82) is 0 Å². The zero-order valence-corrected chi connectivity index (χ0v) is 18.1. The molecule has 3 aromatic rings. The Balaban J connectivity index is 1.81. The smallest absolute Gasteiger partial charge is 0.297 e. The molecule has 1 heterocycles. The molecule has 1 atom stereocenters. The first-order valence-corrected chi connectivity index (χ1v) is 11.1. The number of hydrogen-bond acceptors (Lipinski definition) is 4. The molecule has 0 N–H and O–H groups in total. The van der Waals surface area contributed by atoms with Crippen molar-refractivity contribution in [2.24, 2.45) is 0 Å². The van der Waals surface area contributed by atoms with Crippen molar-refractivity contribution in [3.05, 3.63) is 81.3 Å². The summed E-state index contributed by atoms with van der Waals surface area (Å²) in [5, 5.41) is 1.14. The third-order valence-corrected chi connectivity index (χ3v) is 6.90. The number of rotatable bonds is 4. The maximum absolute atomic E-state index is 12.4. The van der Waals surface area contributed by atoms with Gasteiger partial charge in [-0.2, -0.15) is 8.42 Å². The molecule has 0 saturated heterocycles. The third-order valence-electron chi connectivity index (χ3n) is 4.98. The Morgan fingerprint density at radius 1 is 1.03 bits per heavy atom. The maximum Gasteiger partial charge on any atom is 0.297 e. The number of benzene rings is 3. The molecule has 1 unspecified atom stereocenters. The third kappa shape index (κ3) is 3.76. The monoisotopic (exact) mass is 448 g/mol. The molecule has 0 radical (unpaired) electrons. The lowest BCUT2D eigenvalue weighted by Gasteiger charge is -2.17. The van der Waals surface area contributed by atoms with Gasteiger partial charge in [0, 0.05) is 33.2 Å². The molecule has 0 spiro atoms. The first kappa shape index (κ1) is 20.2. The predicted molar refractivity (Wildman–Crippen MR) is 114 cm³/mol. The van der Waals surface area contributed by atoms with Crippen molar-refractivity contribution in [2.75, 3.05) is 7.11 Å². The second-order valence-corrected chi connectivity index (χ2v) is 9.42. The van der Waals surface area contributed by atoms with Gasteiger partial charge in [0.05, 0.1) is 7.11 Å². The van der Waals surface area contributed by atoms with Crippen LogP contribution in [0.2, 0.25) is 10.0 Å². The van der Waals surface area contributed by atoms with E-state index in [2.05, 4.69) is 0 Å². The maximum atomic E-state index is 12.4. The second kappa shape index (κ2) is 7.65. The summed E-state index contributed by atoms with van der Waals surface area (Å²) in [5.74, 6) is 0.684. The van der Waals surface area contributed by atoms with Crippen LogP contribution in [0, 0.1) is 6.92 Å². The van der Waals surface area contributed by atoms with Crippen molar-refractivity contribution in [3.8, 4) is 16.9 Å². The molecular formula is C22H18Cl2O4S. The molecule has 1 aliphatic rings. The van der Waals surface area contributed by atoms with Crippen LogP contribution in [0.4, 0.5) is 0 Å². The highest BCUT2D eigenvalue weighted by Gasteiger charge is 2.32. The van der Waals surface area contributed by atoms with E-state index in [-0.39, 0.29) is 4.90 Å². The summed E-state index contributed by atoms with van der Waals surface area (Å²) >= 11 is 12.6. The van der Waals surface area contributed by atoms with Crippen LogP contribution in [0.3, 0.4) is 0 Å². The lowest BCUT2D eigenvalue weighted by Crippen LogP contribution is -2.12. The predicted octanol–water partition coefficient (Wildman–Crippen LogP) is 5.98. The van der Waals surface area contributed by atoms with Gasteiger partial charge in [-0.15, -0.1) is 0 Å². The highest BCUT2D eigenvalue weighted by molar-refractivity contribution is 7.86. The molecule has 7 heteroatoms. The van der Waals surface area contributed by atoms with Crippen molar-refractivity contribution in [3.63, 3.8) is 0 Å². The average molecular weight is 449 g/mol. The van der Waals surface area contributed by atoms with Crippen LogP contribution in [0.25, 0.3) is 11.1 Å².